The van der Waals surface area contributed by atoms with Gasteiger partial charge in [0.15, 0.2) is 0 Å². The van der Waals surface area contributed by atoms with Crippen LogP contribution in [0.1, 0.15) is 55.7 Å². The summed E-state index contributed by atoms with van der Waals surface area (Å²) < 4.78 is 0. The van der Waals surface area contributed by atoms with Gasteiger partial charge in [0.25, 0.3) is 5.91 Å². The molecule has 0 saturated carbocycles. The van der Waals surface area contributed by atoms with Crippen LogP contribution in [0.5, 0.6) is 0 Å². The summed E-state index contributed by atoms with van der Waals surface area (Å²) in [5, 5.41) is 7.04. The molecule has 0 fully saturated rings. The fourth-order valence-corrected chi connectivity index (χ4v) is 3.43. The van der Waals surface area contributed by atoms with E-state index >= 15 is 0 Å². The molecule has 164 valence electrons. The minimum absolute atomic E-state index is 0.0908. The summed E-state index contributed by atoms with van der Waals surface area (Å²) in [4.78, 5) is 25.4. The maximum absolute atomic E-state index is 13.0. The molecule has 0 atom stereocenters. The van der Waals surface area contributed by atoms with Gasteiger partial charge in [0.2, 0.25) is 5.91 Å². The molecule has 3 aromatic rings. The number of carbonyl (C=O) groups excluding carboxylic acids is 2. The van der Waals surface area contributed by atoms with Crippen LogP contribution >= 0.6 is 0 Å². The summed E-state index contributed by atoms with van der Waals surface area (Å²) >= 11 is 0. The van der Waals surface area contributed by atoms with Gasteiger partial charge in [0, 0.05) is 11.4 Å². The van der Waals surface area contributed by atoms with Gasteiger partial charge in [-0.15, -0.1) is 0 Å². The van der Waals surface area contributed by atoms with Crippen LogP contribution in [0.2, 0.25) is 0 Å². The molecule has 0 radical (unpaired) electrons. The van der Waals surface area contributed by atoms with Gasteiger partial charge < -0.3 is 5.32 Å². The summed E-state index contributed by atoms with van der Waals surface area (Å²) in [6.45, 7) is 5.98. The Morgan fingerprint density at radius 2 is 1.31 bits per heavy atom. The van der Waals surface area contributed by atoms with Crippen LogP contribution in [0.4, 0.5) is 5.69 Å². The van der Waals surface area contributed by atoms with Gasteiger partial charge in [-0.25, -0.2) is 5.43 Å². The van der Waals surface area contributed by atoms with Crippen molar-refractivity contribution < 1.29 is 9.59 Å². The molecule has 0 aromatic heterocycles. The van der Waals surface area contributed by atoms with E-state index in [-0.39, 0.29) is 18.2 Å². The maximum Gasteiger partial charge on any atom is 0.252 e. The van der Waals surface area contributed by atoms with Gasteiger partial charge >= 0.3 is 0 Å². The van der Waals surface area contributed by atoms with E-state index in [1.165, 1.54) is 5.56 Å². The van der Waals surface area contributed by atoms with E-state index in [0.717, 1.165) is 16.8 Å². The summed E-state index contributed by atoms with van der Waals surface area (Å²) in [7, 11) is 0. The van der Waals surface area contributed by atoms with Gasteiger partial charge in [0.05, 0.1) is 12.3 Å². The van der Waals surface area contributed by atoms with Crippen LogP contribution in [-0.2, 0) is 9.59 Å². The summed E-state index contributed by atoms with van der Waals surface area (Å²) in [5.74, 6) is -0.470. The lowest BCUT2D eigenvalue weighted by Crippen LogP contribution is -2.27. The van der Waals surface area contributed by atoms with Gasteiger partial charge in [-0.2, -0.15) is 5.10 Å². The monoisotopic (exact) mass is 427 g/mol. The van der Waals surface area contributed by atoms with Crippen molar-refractivity contribution >= 4 is 23.2 Å². The van der Waals surface area contributed by atoms with Crippen LogP contribution in [0.15, 0.2) is 90.0 Å². The van der Waals surface area contributed by atoms with Crippen molar-refractivity contribution in [2.24, 2.45) is 5.10 Å². The number of hydrogen-bond acceptors (Lipinski definition) is 3. The Kier molecular flexibility index (Phi) is 7.92. The highest BCUT2D eigenvalue weighted by Crippen LogP contribution is 2.24. The van der Waals surface area contributed by atoms with Crippen molar-refractivity contribution in [2.45, 2.75) is 39.0 Å². The normalized spacial score (nSPS) is 11.5. The topological polar surface area (TPSA) is 70.6 Å². The fourth-order valence-electron chi connectivity index (χ4n) is 3.43. The molecule has 0 aliphatic rings. The number of anilines is 1. The molecule has 0 aliphatic heterocycles. The predicted molar refractivity (Wildman–Crippen MR) is 130 cm³/mol. The Bertz CT molecular complexity index is 1020. The van der Waals surface area contributed by atoms with Gasteiger partial charge in [-0.3, -0.25) is 9.59 Å². The zero-order chi connectivity index (χ0) is 22.9. The number of carbonyl (C=O) groups is 2. The van der Waals surface area contributed by atoms with Crippen molar-refractivity contribution in [3.05, 3.63) is 102 Å². The molecular weight excluding hydrogens is 398 g/mol. The second-order valence-corrected chi connectivity index (χ2v) is 8.08. The highest BCUT2D eigenvalue weighted by molar-refractivity contribution is 6.05. The van der Waals surface area contributed by atoms with Gasteiger partial charge in [-0.05, 0) is 41.7 Å². The summed E-state index contributed by atoms with van der Waals surface area (Å²) in [6, 6.07) is 27.0. The van der Waals surface area contributed by atoms with E-state index in [4.69, 9.17) is 0 Å². The number of amides is 2. The van der Waals surface area contributed by atoms with Crippen LogP contribution in [0.25, 0.3) is 0 Å². The summed E-state index contributed by atoms with van der Waals surface area (Å²) in [6.07, 6.45) is 0.0908. The molecule has 0 saturated heterocycles. The summed E-state index contributed by atoms with van der Waals surface area (Å²) in [5.41, 5.74) is 6.88. The Hall–Kier alpha value is -3.73. The van der Waals surface area contributed by atoms with E-state index in [9.17, 15) is 9.59 Å². The fraction of sp³-hybridized carbons (Fsp3) is 0.222. The van der Waals surface area contributed by atoms with E-state index in [0.29, 0.717) is 11.6 Å². The molecule has 0 aliphatic carbocycles. The van der Waals surface area contributed by atoms with Crippen LogP contribution in [0.3, 0.4) is 0 Å². The lowest BCUT2D eigenvalue weighted by atomic mass is 9.91. The van der Waals surface area contributed by atoms with Crippen molar-refractivity contribution in [1.29, 1.82) is 0 Å². The second kappa shape index (κ2) is 11.0. The molecule has 32 heavy (non-hydrogen) atoms. The second-order valence-electron chi connectivity index (χ2n) is 8.08. The Morgan fingerprint density at radius 1 is 0.781 bits per heavy atom. The van der Waals surface area contributed by atoms with Gasteiger partial charge in [0.1, 0.15) is 0 Å². The molecule has 5 nitrogen and oxygen atoms in total. The zero-order valence-corrected chi connectivity index (χ0v) is 18.7. The van der Waals surface area contributed by atoms with E-state index in [1.54, 1.807) is 6.92 Å². The Morgan fingerprint density at radius 3 is 1.81 bits per heavy atom. The third-order valence-electron chi connectivity index (χ3n) is 5.16. The van der Waals surface area contributed by atoms with Gasteiger partial charge in [-0.1, -0.05) is 86.6 Å². The lowest BCUT2D eigenvalue weighted by molar-refractivity contribution is -0.121. The quantitative estimate of drug-likeness (QED) is 0.370. The number of hydrazone groups is 1. The highest BCUT2D eigenvalue weighted by atomic mass is 16.2. The minimum Gasteiger partial charge on any atom is -0.326 e. The first-order valence-corrected chi connectivity index (χ1v) is 10.8. The highest BCUT2D eigenvalue weighted by Gasteiger charge is 2.22. The van der Waals surface area contributed by atoms with Crippen LogP contribution in [0, 0.1) is 0 Å². The third kappa shape index (κ3) is 6.38. The van der Waals surface area contributed by atoms with Crippen LogP contribution in [-0.4, -0.2) is 17.5 Å². The standard InChI is InChI=1S/C27H29N3O2/c1-19(2)21-14-16-24(17-15-21)28-25(31)18-20(3)29-30-27(32)26(22-10-6-4-7-11-22)23-12-8-5-9-13-23/h4-17,19,26H,18H2,1-3H3,(H,28,31)(H,30,32)/b29-20+. The van der Waals surface area contributed by atoms with Crippen LogP contribution < -0.4 is 10.7 Å². The SMILES string of the molecule is C/C(CC(=O)Nc1ccc(C(C)C)cc1)=N\NC(=O)C(c1ccccc1)c1ccccc1. The molecule has 2 N–H and O–H groups in total. The molecule has 2 amide bonds. The molecule has 3 aromatic carbocycles. The number of rotatable bonds is 8. The lowest BCUT2D eigenvalue weighted by Gasteiger charge is -2.16. The molecule has 0 bridgehead atoms. The molecule has 0 spiro atoms. The number of hydrogen-bond donors (Lipinski definition) is 2. The first-order valence-electron chi connectivity index (χ1n) is 10.8. The van der Waals surface area contributed by atoms with Crippen molar-refractivity contribution in [3.8, 4) is 0 Å². The maximum atomic E-state index is 13.0. The first kappa shape index (κ1) is 22.9. The van der Waals surface area contributed by atoms with Crippen molar-refractivity contribution in [3.63, 3.8) is 0 Å². The Balaban J connectivity index is 1.63. The molecule has 5 heteroatoms. The molecule has 0 unspecified atom stereocenters. The molecular formula is C27H29N3O2. The van der Waals surface area contributed by atoms with Crippen molar-refractivity contribution in [1.82, 2.24) is 5.43 Å². The average Bonchev–Trinajstić information content (AvgIpc) is 2.79. The zero-order valence-electron chi connectivity index (χ0n) is 18.7. The number of nitrogens with one attached hydrogen (secondary N) is 2. The molecule has 0 heterocycles. The van der Waals surface area contributed by atoms with Crippen molar-refractivity contribution in [2.75, 3.05) is 5.32 Å². The van der Waals surface area contributed by atoms with E-state index in [2.05, 4.69) is 29.7 Å². The third-order valence-corrected chi connectivity index (χ3v) is 5.16. The molecule has 3 rings (SSSR count). The average molecular weight is 428 g/mol. The Labute approximate surface area is 189 Å². The van der Waals surface area contributed by atoms with E-state index < -0.39 is 5.92 Å². The van der Waals surface area contributed by atoms with E-state index in [1.807, 2.05) is 84.9 Å². The minimum atomic E-state index is -0.484. The predicted octanol–water partition coefficient (Wildman–Crippen LogP) is 5.46. The first-order chi connectivity index (χ1) is 15.4. The largest absolute Gasteiger partial charge is 0.326 e. The number of nitrogens with zero attached hydrogens (tertiary/aromatic N) is 1. The number of benzene rings is 3. The smallest absolute Gasteiger partial charge is 0.252 e.